The maximum Gasteiger partial charge on any atom is 0.240 e. The lowest BCUT2D eigenvalue weighted by atomic mass is 10.1. The Morgan fingerprint density at radius 1 is 1.27 bits per heavy atom. The van der Waals surface area contributed by atoms with E-state index in [4.69, 9.17) is 5.73 Å². The van der Waals surface area contributed by atoms with E-state index < -0.39 is 16.1 Å². The molecule has 3 N–H and O–H groups in total. The van der Waals surface area contributed by atoms with Crippen molar-refractivity contribution in [1.29, 1.82) is 0 Å². The Labute approximate surface area is 137 Å². The topological polar surface area (TPSA) is 92.5 Å². The Bertz CT molecular complexity index is 585. The second kappa shape index (κ2) is 7.92. The third-order valence-corrected chi connectivity index (χ3v) is 5.11. The third kappa shape index (κ3) is 4.67. The number of nitrogens with two attached hydrogens (primary N) is 1. The van der Waals surface area contributed by atoms with Crippen molar-refractivity contribution in [3.8, 4) is 0 Å². The molecule has 0 saturated carbocycles. The van der Waals surface area contributed by atoms with Crippen LogP contribution in [-0.4, -0.2) is 44.4 Å². The van der Waals surface area contributed by atoms with Gasteiger partial charge in [0.25, 0.3) is 0 Å². The summed E-state index contributed by atoms with van der Waals surface area (Å²) in [5.41, 5.74) is 5.58. The van der Waals surface area contributed by atoms with Gasteiger partial charge in [-0.1, -0.05) is 18.2 Å². The molecule has 1 fully saturated rings. The lowest BCUT2D eigenvalue weighted by molar-refractivity contribution is -0.133. The van der Waals surface area contributed by atoms with Crippen molar-refractivity contribution in [2.24, 2.45) is 5.73 Å². The van der Waals surface area contributed by atoms with E-state index in [0.717, 1.165) is 0 Å². The number of nitrogens with zero attached hydrogens (tertiary/aromatic N) is 1. The van der Waals surface area contributed by atoms with Crippen LogP contribution in [0.2, 0.25) is 0 Å². The van der Waals surface area contributed by atoms with E-state index in [-0.39, 0.29) is 29.3 Å². The maximum absolute atomic E-state index is 12.2. The Morgan fingerprint density at radius 3 is 2.32 bits per heavy atom. The molecule has 0 aromatic heterocycles. The van der Waals surface area contributed by atoms with Gasteiger partial charge in [0.2, 0.25) is 15.9 Å². The molecule has 1 aliphatic rings. The number of benzene rings is 1. The summed E-state index contributed by atoms with van der Waals surface area (Å²) in [6.45, 7) is 2.72. The van der Waals surface area contributed by atoms with Gasteiger partial charge in [-0.15, -0.1) is 12.4 Å². The number of rotatable bonds is 4. The fraction of sp³-hybridized carbons (Fsp3) is 0.500. The van der Waals surface area contributed by atoms with Crippen molar-refractivity contribution in [1.82, 2.24) is 9.62 Å². The summed E-state index contributed by atoms with van der Waals surface area (Å²) >= 11 is 0. The van der Waals surface area contributed by atoms with Crippen LogP contribution in [0.3, 0.4) is 0 Å². The highest BCUT2D eigenvalue weighted by Crippen LogP contribution is 2.15. The Kier molecular flexibility index (Phi) is 6.80. The fourth-order valence-corrected chi connectivity index (χ4v) is 3.72. The molecule has 1 aromatic rings. The number of hydrogen-bond acceptors (Lipinski definition) is 4. The predicted octanol–water partition coefficient (Wildman–Crippen LogP) is 0.725. The van der Waals surface area contributed by atoms with Gasteiger partial charge in [-0.05, 0) is 31.9 Å². The van der Waals surface area contributed by atoms with E-state index in [0.29, 0.717) is 25.9 Å². The Morgan fingerprint density at radius 2 is 1.82 bits per heavy atom. The van der Waals surface area contributed by atoms with Gasteiger partial charge >= 0.3 is 0 Å². The lowest BCUT2D eigenvalue weighted by Gasteiger charge is -2.33. The summed E-state index contributed by atoms with van der Waals surface area (Å²) < 4.78 is 27.1. The van der Waals surface area contributed by atoms with Crippen LogP contribution in [0.15, 0.2) is 35.2 Å². The number of halogens is 1. The molecule has 1 amide bonds. The number of piperidine rings is 1. The molecule has 1 heterocycles. The molecule has 8 heteroatoms. The molecule has 0 unspecified atom stereocenters. The van der Waals surface area contributed by atoms with Crippen LogP contribution in [-0.2, 0) is 14.8 Å². The number of carbonyl (C=O) groups excluding carboxylic acids is 1. The van der Waals surface area contributed by atoms with Crippen LogP contribution in [0.5, 0.6) is 0 Å². The molecule has 0 aliphatic carbocycles. The van der Waals surface area contributed by atoms with Crippen LogP contribution in [0.1, 0.15) is 19.8 Å². The van der Waals surface area contributed by atoms with Crippen LogP contribution >= 0.6 is 12.4 Å². The summed E-state index contributed by atoms with van der Waals surface area (Å²) in [4.78, 5) is 13.7. The first-order chi connectivity index (χ1) is 9.90. The lowest BCUT2D eigenvalue weighted by Crippen LogP contribution is -2.50. The summed E-state index contributed by atoms with van der Waals surface area (Å²) in [5, 5.41) is 0. The summed E-state index contributed by atoms with van der Waals surface area (Å²) in [7, 11) is -3.49. The Balaban J connectivity index is 0.00000242. The molecule has 22 heavy (non-hydrogen) atoms. The number of amides is 1. The van der Waals surface area contributed by atoms with Crippen molar-refractivity contribution in [2.45, 2.75) is 36.7 Å². The minimum Gasteiger partial charge on any atom is -0.341 e. The second-order valence-electron chi connectivity index (χ2n) is 5.32. The van der Waals surface area contributed by atoms with E-state index in [1.165, 1.54) is 0 Å². The second-order valence-corrected chi connectivity index (χ2v) is 7.04. The molecule has 1 aromatic carbocycles. The van der Waals surface area contributed by atoms with Gasteiger partial charge in [-0.25, -0.2) is 13.1 Å². The van der Waals surface area contributed by atoms with Gasteiger partial charge in [-0.3, -0.25) is 4.79 Å². The first kappa shape index (κ1) is 18.9. The quantitative estimate of drug-likeness (QED) is 0.839. The summed E-state index contributed by atoms with van der Waals surface area (Å²) in [5.74, 6) is -0.0839. The van der Waals surface area contributed by atoms with E-state index in [1.54, 1.807) is 42.2 Å². The number of nitrogens with one attached hydrogen (secondary N) is 1. The monoisotopic (exact) mass is 347 g/mol. The van der Waals surface area contributed by atoms with Crippen LogP contribution in [0.4, 0.5) is 0 Å². The predicted molar refractivity (Wildman–Crippen MR) is 87.3 cm³/mol. The van der Waals surface area contributed by atoms with E-state index in [9.17, 15) is 13.2 Å². The van der Waals surface area contributed by atoms with E-state index in [1.807, 2.05) is 0 Å². The average Bonchev–Trinajstić information content (AvgIpc) is 2.48. The first-order valence-corrected chi connectivity index (χ1v) is 8.50. The van der Waals surface area contributed by atoms with Crippen molar-refractivity contribution >= 4 is 28.3 Å². The number of likely N-dealkylation sites (tertiary alicyclic amines) is 1. The molecule has 124 valence electrons. The van der Waals surface area contributed by atoms with Gasteiger partial charge in [0.05, 0.1) is 10.9 Å². The molecular weight excluding hydrogens is 326 g/mol. The smallest absolute Gasteiger partial charge is 0.240 e. The molecule has 0 radical (unpaired) electrons. The van der Waals surface area contributed by atoms with Crippen LogP contribution < -0.4 is 10.5 Å². The zero-order chi connectivity index (χ0) is 15.5. The van der Waals surface area contributed by atoms with Crippen molar-refractivity contribution in [3.05, 3.63) is 30.3 Å². The van der Waals surface area contributed by atoms with Gasteiger partial charge in [0, 0.05) is 19.1 Å². The minimum atomic E-state index is -3.49. The van der Waals surface area contributed by atoms with Gasteiger partial charge in [0.15, 0.2) is 0 Å². The first-order valence-electron chi connectivity index (χ1n) is 7.02. The van der Waals surface area contributed by atoms with E-state index in [2.05, 4.69) is 4.72 Å². The van der Waals surface area contributed by atoms with Gasteiger partial charge < -0.3 is 10.6 Å². The zero-order valence-electron chi connectivity index (χ0n) is 12.4. The van der Waals surface area contributed by atoms with Gasteiger partial charge in [0.1, 0.15) is 0 Å². The standard InChI is InChI=1S/C14H21N3O3S.ClH/c1-11(15)14(18)17-9-7-12(8-10-17)16-21(19,20)13-5-3-2-4-6-13;/h2-6,11-12,16H,7-10,15H2,1H3;1H/t11-;/m1./s1. The maximum atomic E-state index is 12.2. The molecule has 1 aliphatic heterocycles. The SMILES string of the molecule is C[C@@H](N)C(=O)N1CCC(NS(=O)(=O)c2ccccc2)CC1.Cl. The van der Waals surface area contributed by atoms with E-state index >= 15 is 0 Å². The van der Waals surface area contributed by atoms with Gasteiger partial charge in [-0.2, -0.15) is 0 Å². The average molecular weight is 348 g/mol. The highest BCUT2D eigenvalue weighted by Gasteiger charge is 2.27. The fourth-order valence-electron chi connectivity index (χ4n) is 2.39. The van der Waals surface area contributed by atoms with Crippen molar-refractivity contribution in [2.75, 3.05) is 13.1 Å². The minimum absolute atomic E-state index is 0. The molecule has 6 nitrogen and oxygen atoms in total. The third-order valence-electron chi connectivity index (χ3n) is 3.57. The zero-order valence-corrected chi connectivity index (χ0v) is 14.1. The molecule has 0 bridgehead atoms. The number of sulfonamides is 1. The molecule has 0 spiro atoms. The summed E-state index contributed by atoms with van der Waals surface area (Å²) in [6, 6.07) is 7.64. The highest BCUT2D eigenvalue weighted by atomic mass is 35.5. The summed E-state index contributed by atoms with van der Waals surface area (Å²) in [6.07, 6.45) is 1.20. The van der Waals surface area contributed by atoms with Crippen molar-refractivity contribution < 1.29 is 13.2 Å². The molecule has 2 rings (SSSR count). The normalized spacial score (nSPS) is 17.6. The Hall–Kier alpha value is -1.15. The van der Waals surface area contributed by atoms with Crippen LogP contribution in [0.25, 0.3) is 0 Å². The largest absolute Gasteiger partial charge is 0.341 e. The molecule has 1 atom stereocenters. The highest BCUT2D eigenvalue weighted by molar-refractivity contribution is 7.89. The number of hydrogen-bond donors (Lipinski definition) is 2. The number of carbonyl (C=O) groups is 1. The molecular formula is C14H22ClN3O3S. The van der Waals surface area contributed by atoms with Crippen molar-refractivity contribution in [3.63, 3.8) is 0 Å². The molecule has 1 saturated heterocycles. The van der Waals surface area contributed by atoms with Crippen LogP contribution in [0, 0.1) is 0 Å².